The Hall–Kier alpha value is -0.840. The molecule has 0 saturated carbocycles. The fourth-order valence-corrected chi connectivity index (χ4v) is 1.51. The van der Waals surface area contributed by atoms with Gasteiger partial charge in [-0.1, -0.05) is 23.2 Å². The summed E-state index contributed by atoms with van der Waals surface area (Å²) in [4.78, 5) is 9.87. The maximum atomic E-state index is 10.4. The lowest BCUT2D eigenvalue weighted by molar-refractivity contribution is -0.384. The molecule has 1 aromatic rings. The zero-order valence-corrected chi connectivity index (χ0v) is 7.97. The molecule has 4 nitrogen and oxygen atoms in total. The van der Waals surface area contributed by atoms with Crippen molar-refractivity contribution in [3.8, 4) is 0 Å². The zero-order chi connectivity index (χ0) is 10.0. The molecule has 0 aliphatic carbocycles. The molecule has 0 unspecified atom stereocenters. The quantitative estimate of drug-likeness (QED) is 0.615. The van der Waals surface area contributed by atoms with Crippen LogP contribution in [0.1, 0.15) is 5.56 Å². The molecule has 0 spiro atoms. The van der Waals surface area contributed by atoms with Crippen LogP contribution < -0.4 is 5.73 Å². The third kappa shape index (κ3) is 1.91. The van der Waals surface area contributed by atoms with Crippen molar-refractivity contribution < 1.29 is 4.92 Å². The predicted molar refractivity (Wildman–Crippen MR) is 51.0 cm³/mol. The summed E-state index contributed by atoms with van der Waals surface area (Å²) >= 11 is 11.4. The van der Waals surface area contributed by atoms with Gasteiger partial charge in [-0.25, -0.2) is 0 Å². The number of halogens is 2. The summed E-state index contributed by atoms with van der Waals surface area (Å²) in [5.74, 6) is 0. The molecule has 0 radical (unpaired) electrons. The minimum atomic E-state index is -0.572. The highest BCUT2D eigenvalue weighted by molar-refractivity contribution is 6.37. The number of rotatable bonds is 2. The summed E-state index contributed by atoms with van der Waals surface area (Å²) in [7, 11) is 0. The van der Waals surface area contributed by atoms with Crippen LogP contribution in [0.5, 0.6) is 0 Å². The maximum Gasteiger partial charge on any atom is 0.288 e. The van der Waals surface area contributed by atoms with E-state index in [2.05, 4.69) is 0 Å². The molecule has 0 fully saturated rings. The second-order valence-corrected chi connectivity index (χ2v) is 3.11. The van der Waals surface area contributed by atoms with Crippen LogP contribution in [0.2, 0.25) is 10.0 Å². The van der Waals surface area contributed by atoms with Gasteiger partial charge in [0.2, 0.25) is 0 Å². The molecule has 0 amide bonds. The Morgan fingerprint density at radius 3 is 2.54 bits per heavy atom. The zero-order valence-electron chi connectivity index (χ0n) is 6.46. The van der Waals surface area contributed by atoms with Crippen molar-refractivity contribution in [1.29, 1.82) is 0 Å². The molecule has 6 heteroatoms. The maximum absolute atomic E-state index is 10.4. The Kier molecular flexibility index (Phi) is 3.08. The van der Waals surface area contributed by atoms with Gasteiger partial charge in [-0.15, -0.1) is 0 Å². The van der Waals surface area contributed by atoms with E-state index in [-0.39, 0.29) is 17.3 Å². The molecule has 70 valence electrons. The third-order valence-corrected chi connectivity index (χ3v) is 2.34. The molecule has 0 heterocycles. The van der Waals surface area contributed by atoms with E-state index in [9.17, 15) is 10.1 Å². The summed E-state index contributed by atoms with van der Waals surface area (Å²) in [5.41, 5.74) is 5.56. The molecule has 0 saturated heterocycles. The molecular formula is C7H6Cl2N2O2. The van der Waals surface area contributed by atoms with Crippen molar-refractivity contribution in [3.63, 3.8) is 0 Å². The molecule has 1 rings (SSSR count). The molecule has 0 aliphatic rings. The number of nitrogens with zero attached hydrogens (tertiary/aromatic N) is 1. The molecule has 0 bridgehead atoms. The van der Waals surface area contributed by atoms with Gasteiger partial charge >= 0.3 is 0 Å². The third-order valence-electron chi connectivity index (χ3n) is 1.57. The molecule has 1 aromatic carbocycles. The first-order chi connectivity index (χ1) is 6.07. The average Bonchev–Trinajstić information content (AvgIpc) is 2.04. The van der Waals surface area contributed by atoms with Crippen LogP contribution in [0.15, 0.2) is 12.1 Å². The Morgan fingerprint density at radius 1 is 1.46 bits per heavy atom. The molecule has 13 heavy (non-hydrogen) atoms. The summed E-state index contributed by atoms with van der Waals surface area (Å²) in [5, 5.41) is 10.8. The molecule has 2 N–H and O–H groups in total. The predicted octanol–water partition coefficient (Wildman–Crippen LogP) is 2.36. The van der Waals surface area contributed by atoms with Crippen LogP contribution in [0, 0.1) is 10.1 Å². The van der Waals surface area contributed by atoms with Gasteiger partial charge in [-0.05, 0) is 6.07 Å². The first-order valence-corrected chi connectivity index (χ1v) is 4.15. The van der Waals surface area contributed by atoms with Gasteiger partial charge in [-0.3, -0.25) is 10.1 Å². The lowest BCUT2D eigenvalue weighted by Gasteiger charge is -2.03. The standard InChI is InChI=1S/C7H6Cl2N2O2/c8-5-1-2-6(11(12)13)7(9)4(5)3-10/h1-2H,3,10H2. The number of nitro groups is 1. The minimum Gasteiger partial charge on any atom is -0.326 e. The van der Waals surface area contributed by atoms with Crippen molar-refractivity contribution in [2.75, 3.05) is 0 Å². The normalized spacial score (nSPS) is 10.1. The monoisotopic (exact) mass is 220 g/mol. The van der Waals surface area contributed by atoms with E-state index in [1.807, 2.05) is 0 Å². The topological polar surface area (TPSA) is 69.2 Å². The summed E-state index contributed by atoms with van der Waals surface area (Å²) in [6.07, 6.45) is 0. The smallest absolute Gasteiger partial charge is 0.288 e. The first-order valence-electron chi connectivity index (χ1n) is 3.39. The van der Waals surface area contributed by atoms with Crippen molar-refractivity contribution >= 4 is 28.9 Å². The van der Waals surface area contributed by atoms with Crippen LogP contribution in [-0.2, 0) is 6.54 Å². The fraction of sp³-hybridized carbons (Fsp3) is 0.143. The summed E-state index contributed by atoms with van der Waals surface area (Å²) in [6, 6.07) is 2.66. The van der Waals surface area contributed by atoms with Crippen LogP contribution in [0.4, 0.5) is 5.69 Å². The molecular weight excluding hydrogens is 215 g/mol. The average molecular weight is 221 g/mol. The summed E-state index contributed by atoms with van der Waals surface area (Å²) < 4.78 is 0. The van der Waals surface area contributed by atoms with Crippen molar-refractivity contribution in [3.05, 3.63) is 37.9 Å². The first kappa shape index (κ1) is 10.2. The Labute approximate surface area is 84.4 Å². The van der Waals surface area contributed by atoms with E-state index in [4.69, 9.17) is 28.9 Å². The van der Waals surface area contributed by atoms with Crippen LogP contribution >= 0.6 is 23.2 Å². The second-order valence-electron chi connectivity index (χ2n) is 2.32. The fourth-order valence-electron chi connectivity index (χ4n) is 0.913. The Bertz CT molecular complexity index is 355. The minimum absolute atomic E-state index is 0.0139. The van der Waals surface area contributed by atoms with Gasteiger partial charge in [0.15, 0.2) is 0 Å². The Morgan fingerprint density at radius 2 is 2.08 bits per heavy atom. The van der Waals surface area contributed by atoms with Gasteiger partial charge < -0.3 is 5.73 Å². The number of hydrogen-bond donors (Lipinski definition) is 1. The SMILES string of the molecule is NCc1c(Cl)ccc([N+](=O)[O-])c1Cl. The van der Waals surface area contributed by atoms with E-state index >= 15 is 0 Å². The lowest BCUT2D eigenvalue weighted by atomic mass is 10.2. The lowest BCUT2D eigenvalue weighted by Crippen LogP contribution is -2.00. The van der Waals surface area contributed by atoms with Gasteiger partial charge in [-0.2, -0.15) is 0 Å². The van der Waals surface area contributed by atoms with Crippen molar-refractivity contribution in [2.24, 2.45) is 5.73 Å². The van der Waals surface area contributed by atoms with E-state index in [0.717, 1.165) is 0 Å². The van der Waals surface area contributed by atoms with Gasteiger partial charge in [0.25, 0.3) is 5.69 Å². The van der Waals surface area contributed by atoms with Gasteiger partial charge in [0, 0.05) is 23.2 Å². The molecule has 0 aliphatic heterocycles. The number of nitrogens with two attached hydrogens (primary N) is 1. The van der Waals surface area contributed by atoms with Crippen molar-refractivity contribution in [2.45, 2.75) is 6.54 Å². The van der Waals surface area contributed by atoms with Crippen LogP contribution in [0.25, 0.3) is 0 Å². The van der Waals surface area contributed by atoms with Gasteiger partial charge in [0.05, 0.1) is 4.92 Å². The highest BCUT2D eigenvalue weighted by Crippen LogP contribution is 2.32. The van der Waals surface area contributed by atoms with E-state index in [1.165, 1.54) is 12.1 Å². The Balaban J connectivity index is 3.35. The van der Waals surface area contributed by atoms with Gasteiger partial charge in [0.1, 0.15) is 5.02 Å². The largest absolute Gasteiger partial charge is 0.326 e. The van der Waals surface area contributed by atoms with E-state index in [0.29, 0.717) is 10.6 Å². The highest BCUT2D eigenvalue weighted by atomic mass is 35.5. The van der Waals surface area contributed by atoms with Crippen molar-refractivity contribution in [1.82, 2.24) is 0 Å². The molecule has 0 aromatic heterocycles. The molecule has 0 atom stereocenters. The van der Waals surface area contributed by atoms with Crippen LogP contribution in [0.3, 0.4) is 0 Å². The van der Waals surface area contributed by atoms with Crippen LogP contribution in [-0.4, -0.2) is 4.92 Å². The number of benzene rings is 1. The highest BCUT2D eigenvalue weighted by Gasteiger charge is 2.17. The summed E-state index contributed by atoms with van der Waals surface area (Å²) in [6.45, 7) is 0.0827. The van der Waals surface area contributed by atoms with E-state index < -0.39 is 4.92 Å². The number of hydrogen-bond acceptors (Lipinski definition) is 3. The second kappa shape index (κ2) is 3.91. The van der Waals surface area contributed by atoms with E-state index in [1.54, 1.807) is 0 Å². The number of nitro benzene ring substituents is 1.